The van der Waals surface area contributed by atoms with Crippen LogP contribution in [0.4, 0.5) is 0 Å². The first-order valence-electron chi connectivity index (χ1n) is 18.6. The van der Waals surface area contributed by atoms with Gasteiger partial charge in [-0.25, -0.2) is 19.9 Å². The first-order valence-corrected chi connectivity index (χ1v) is 18.6. The minimum absolute atomic E-state index is 0.575. The lowest BCUT2D eigenvalue weighted by molar-refractivity contribution is 0.603. The van der Waals surface area contributed by atoms with Gasteiger partial charge in [0.2, 0.25) is 5.89 Å². The van der Waals surface area contributed by atoms with Crippen molar-refractivity contribution in [3.63, 3.8) is 0 Å². The lowest BCUT2D eigenvalue weighted by atomic mass is 9.90. The third kappa shape index (κ3) is 5.35. The molecule has 3 heterocycles. The molecule has 3 aromatic heterocycles. The maximum atomic E-state index is 6.55. The Morgan fingerprint density at radius 2 is 0.839 bits per heavy atom. The molecule has 0 saturated heterocycles. The van der Waals surface area contributed by atoms with Crippen molar-refractivity contribution < 1.29 is 8.83 Å². The summed E-state index contributed by atoms with van der Waals surface area (Å²) in [5.74, 6) is 2.49. The second kappa shape index (κ2) is 13.0. The number of fused-ring (bicyclic) bond motifs is 6. The van der Waals surface area contributed by atoms with Crippen LogP contribution in [0.1, 0.15) is 0 Å². The van der Waals surface area contributed by atoms with Crippen LogP contribution >= 0.6 is 0 Å². The summed E-state index contributed by atoms with van der Waals surface area (Å²) in [6.45, 7) is 0. The Kier molecular flexibility index (Phi) is 7.38. The maximum absolute atomic E-state index is 6.55. The van der Waals surface area contributed by atoms with Gasteiger partial charge in [0.15, 0.2) is 28.6 Å². The van der Waals surface area contributed by atoms with E-state index in [0.29, 0.717) is 34.5 Å². The summed E-state index contributed by atoms with van der Waals surface area (Å²) < 4.78 is 12.9. The van der Waals surface area contributed by atoms with E-state index >= 15 is 0 Å². The summed E-state index contributed by atoms with van der Waals surface area (Å²) in [7, 11) is 0. The van der Waals surface area contributed by atoms with E-state index in [9.17, 15) is 0 Å². The molecule has 0 spiro atoms. The Morgan fingerprint density at radius 3 is 1.48 bits per heavy atom. The molecular weight excluding hydrogens is 689 g/mol. The van der Waals surface area contributed by atoms with E-state index in [2.05, 4.69) is 78.9 Å². The predicted octanol–water partition coefficient (Wildman–Crippen LogP) is 13.1. The third-order valence-electron chi connectivity index (χ3n) is 10.4. The van der Waals surface area contributed by atoms with Crippen molar-refractivity contribution >= 4 is 43.8 Å². The average Bonchev–Trinajstić information content (AvgIpc) is 3.89. The second-order valence-electron chi connectivity index (χ2n) is 13.8. The van der Waals surface area contributed by atoms with Crippen LogP contribution in [0.15, 0.2) is 191 Å². The number of benzene rings is 8. The van der Waals surface area contributed by atoms with Crippen molar-refractivity contribution in [2.24, 2.45) is 0 Å². The van der Waals surface area contributed by atoms with E-state index in [1.807, 2.05) is 103 Å². The lowest BCUT2D eigenvalue weighted by Gasteiger charge is -2.13. The highest BCUT2D eigenvalue weighted by Crippen LogP contribution is 2.43. The molecule has 56 heavy (non-hydrogen) atoms. The molecule has 0 aliphatic rings. The van der Waals surface area contributed by atoms with Crippen LogP contribution in [0.2, 0.25) is 0 Å². The molecule has 262 valence electrons. The summed E-state index contributed by atoms with van der Waals surface area (Å²) in [4.78, 5) is 19.5. The topological polar surface area (TPSA) is 77.8 Å². The standard InChI is InChI=1S/C50H30N4O2/c1-4-13-32(14-5-1)47-52-48(33-15-6-2-7-16-33)54-49(53-47)34-25-23-31(24-26-34)36-27-28-39(38-20-11-10-19-37(36)38)40-21-12-22-43-44(40)41-29-30-42-46(45(41)55-43)56-50(51-42)35-17-8-3-9-18-35/h1-30H. The van der Waals surface area contributed by atoms with Crippen molar-refractivity contribution in [2.75, 3.05) is 0 Å². The zero-order valence-electron chi connectivity index (χ0n) is 29.9. The van der Waals surface area contributed by atoms with Crippen LogP contribution in [0.25, 0.3) is 112 Å². The highest BCUT2D eigenvalue weighted by Gasteiger charge is 2.20. The Morgan fingerprint density at radius 1 is 0.304 bits per heavy atom. The van der Waals surface area contributed by atoms with E-state index in [0.717, 1.165) is 77.2 Å². The van der Waals surface area contributed by atoms with E-state index in [1.54, 1.807) is 0 Å². The molecule has 0 aliphatic heterocycles. The normalized spacial score (nSPS) is 11.6. The molecule has 0 aliphatic carbocycles. The van der Waals surface area contributed by atoms with Crippen molar-refractivity contribution in [1.29, 1.82) is 0 Å². The molecule has 0 saturated carbocycles. The summed E-state index contributed by atoms with van der Waals surface area (Å²) in [5.41, 5.74) is 11.1. The van der Waals surface area contributed by atoms with Gasteiger partial charge in [0, 0.05) is 33.0 Å². The van der Waals surface area contributed by atoms with Crippen LogP contribution in [-0.4, -0.2) is 19.9 Å². The van der Waals surface area contributed by atoms with Crippen LogP contribution < -0.4 is 0 Å². The van der Waals surface area contributed by atoms with Crippen LogP contribution in [0, 0.1) is 0 Å². The molecule has 0 bridgehead atoms. The second-order valence-corrected chi connectivity index (χ2v) is 13.8. The van der Waals surface area contributed by atoms with E-state index < -0.39 is 0 Å². The van der Waals surface area contributed by atoms with Gasteiger partial charge < -0.3 is 8.83 Å². The zero-order chi connectivity index (χ0) is 37.0. The monoisotopic (exact) mass is 718 g/mol. The Hall–Kier alpha value is -7.70. The van der Waals surface area contributed by atoms with Crippen molar-refractivity contribution in [2.45, 2.75) is 0 Å². The molecular formula is C50H30N4O2. The zero-order valence-corrected chi connectivity index (χ0v) is 29.9. The van der Waals surface area contributed by atoms with Crippen molar-refractivity contribution in [3.8, 4) is 67.9 Å². The SMILES string of the molecule is c1ccc(-c2nc(-c3ccccc3)nc(-c3ccc(-c4ccc(-c5cccc6oc7c(ccc8nc(-c9ccccc9)oc87)c56)c5ccccc45)cc3)n2)cc1. The van der Waals surface area contributed by atoms with E-state index in [1.165, 1.54) is 0 Å². The fourth-order valence-corrected chi connectivity index (χ4v) is 7.72. The van der Waals surface area contributed by atoms with Gasteiger partial charge in [-0.1, -0.05) is 152 Å². The molecule has 0 radical (unpaired) electrons. The molecule has 6 heteroatoms. The number of hydrogen-bond acceptors (Lipinski definition) is 6. The average molecular weight is 719 g/mol. The van der Waals surface area contributed by atoms with Gasteiger partial charge >= 0.3 is 0 Å². The Labute approximate surface area is 321 Å². The van der Waals surface area contributed by atoms with Gasteiger partial charge in [0.1, 0.15) is 11.1 Å². The van der Waals surface area contributed by atoms with E-state index in [-0.39, 0.29) is 0 Å². The Bertz CT molecular complexity index is 3170. The molecule has 0 N–H and O–H groups in total. The quantitative estimate of drug-likeness (QED) is 0.170. The third-order valence-corrected chi connectivity index (χ3v) is 10.4. The molecule has 6 nitrogen and oxygen atoms in total. The first-order chi connectivity index (χ1) is 27.7. The molecule has 11 aromatic rings. The number of aromatic nitrogens is 4. The molecule has 0 unspecified atom stereocenters. The van der Waals surface area contributed by atoms with Gasteiger partial charge in [0.25, 0.3) is 0 Å². The van der Waals surface area contributed by atoms with Crippen molar-refractivity contribution in [3.05, 3.63) is 182 Å². The largest absolute Gasteiger partial charge is 0.452 e. The fourth-order valence-electron chi connectivity index (χ4n) is 7.72. The van der Waals surface area contributed by atoms with Gasteiger partial charge in [0.05, 0.1) is 0 Å². The van der Waals surface area contributed by atoms with Gasteiger partial charge in [-0.15, -0.1) is 0 Å². The van der Waals surface area contributed by atoms with E-state index in [4.69, 9.17) is 28.8 Å². The summed E-state index contributed by atoms with van der Waals surface area (Å²) >= 11 is 0. The van der Waals surface area contributed by atoms with Gasteiger partial charge in [-0.2, -0.15) is 0 Å². The number of furan rings is 1. The molecule has 11 rings (SSSR count). The number of oxazole rings is 1. The van der Waals surface area contributed by atoms with Gasteiger partial charge in [-0.05, 0) is 63.4 Å². The minimum atomic E-state index is 0.575. The van der Waals surface area contributed by atoms with Crippen LogP contribution in [0.5, 0.6) is 0 Å². The molecule has 0 amide bonds. The smallest absolute Gasteiger partial charge is 0.227 e. The number of hydrogen-bond donors (Lipinski definition) is 0. The number of nitrogens with zero attached hydrogens (tertiary/aromatic N) is 4. The minimum Gasteiger partial charge on any atom is -0.452 e. The lowest BCUT2D eigenvalue weighted by Crippen LogP contribution is -2.00. The summed E-state index contributed by atoms with van der Waals surface area (Å²) in [5, 5.41) is 4.35. The molecule has 0 atom stereocenters. The van der Waals surface area contributed by atoms with Crippen LogP contribution in [-0.2, 0) is 0 Å². The number of rotatable bonds is 6. The highest BCUT2D eigenvalue weighted by atomic mass is 16.4. The van der Waals surface area contributed by atoms with Crippen LogP contribution in [0.3, 0.4) is 0 Å². The Balaban J connectivity index is 1.00. The molecule has 0 fully saturated rings. The highest BCUT2D eigenvalue weighted by molar-refractivity contribution is 6.20. The summed E-state index contributed by atoms with van der Waals surface area (Å²) in [6, 6.07) is 62.0. The molecule has 8 aromatic carbocycles. The van der Waals surface area contributed by atoms with Crippen molar-refractivity contribution in [1.82, 2.24) is 19.9 Å². The fraction of sp³-hybridized carbons (Fsp3) is 0. The van der Waals surface area contributed by atoms with Gasteiger partial charge in [-0.3, -0.25) is 0 Å². The maximum Gasteiger partial charge on any atom is 0.227 e. The predicted molar refractivity (Wildman–Crippen MR) is 225 cm³/mol. The summed E-state index contributed by atoms with van der Waals surface area (Å²) in [6.07, 6.45) is 0. The first kappa shape index (κ1) is 31.8.